The number of hydrogen-bond donors (Lipinski definition) is 3. The van der Waals surface area contributed by atoms with Crippen molar-refractivity contribution in [2.45, 2.75) is 64.2 Å². The van der Waals surface area contributed by atoms with Crippen molar-refractivity contribution in [2.24, 2.45) is 11.1 Å². The second-order valence-electron chi connectivity index (χ2n) is 8.68. The van der Waals surface area contributed by atoms with E-state index in [0.717, 1.165) is 30.4 Å². The van der Waals surface area contributed by atoms with Crippen LogP contribution in [0.1, 0.15) is 60.5 Å². The van der Waals surface area contributed by atoms with Gasteiger partial charge in [-0.1, -0.05) is 19.1 Å². The minimum Gasteiger partial charge on any atom is -0.330 e. The summed E-state index contributed by atoms with van der Waals surface area (Å²) in [6.45, 7) is 4.07. The van der Waals surface area contributed by atoms with Crippen molar-refractivity contribution in [3.63, 3.8) is 0 Å². The highest BCUT2D eigenvalue weighted by atomic mass is 16.2. The first-order chi connectivity index (χ1) is 13.4. The molecule has 7 heteroatoms. The van der Waals surface area contributed by atoms with Crippen LogP contribution in [0.3, 0.4) is 0 Å². The number of nitrogens with one attached hydrogen (secondary N) is 2. The Hall–Kier alpha value is -2.25. The maximum Gasteiger partial charge on any atom is 0.255 e. The molecule has 150 valence electrons. The van der Waals surface area contributed by atoms with Gasteiger partial charge in [0.05, 0.1) is 0 Å². The van der Waals surface area contributed by atoms with E-state index in [2.05, 4.69) is 17.6 Å². The zero-order valence-corrected chi connectivity index (χ0v) is 16.3. The summed E-state index contributed by atoms with van der Waals surface area (Å²) >= 11 is 0. The molecule has 1 aromatic carbocycles. The molecular weight excluding hydrogens is 356 g/mol. The molecule has 0 aromatic heterocycles. The molecule has 4 rings (SSSR count). The number of nitrogens with two attached hydrogens (primary N) is 1. The third kappa shape index (κ3) is 3.44. The fourth-order valence-corrected chi connectivity index (χ4v) is 4.75. The van der Waals surface area contributed by atoms with Crippen LogP contribution >= 0.6 is 0 Å². The van der Waals surface area contributed by atoms with Crippen LogP contribution in [-0.4, -0.2) is 41.2 Å². The van der Waals surface area contributed by atoms with Crippen LogP contribution in [0.15, 0.2) is 18.2 Å². The van der Waals surface area contributed by atoms with E-state index < -0.39 is 6.04 Å². The van der Waals surface area contributed by atoms with E-state index in [1.54, 1.807) is 4.90 Å². The van der Waals surface area contributed by atoms with Crippen LogP contribution < -0.4 is 16.4 Å². The number of rotatable bonds is 5. The molecular formula is C21H28N4O3. The second-order valence-corrected chi connectivity index (χ2v) is 8.68. The Bertz CT molecular complexity index is 824. The number of benzene rings is 1. The van der Waals surface area contributed by atoms with Gasteiger partial charge in [0.2, 0.25) is 11.8 Å². The fourth-order valence-electron chi connectivity index (χ4n) is 4.75. The highest BCUT2D eigenvalue weighted by Gasteiger charge is 2.40. The van der Waals surface area contributed by atoms with E-state index in [-0.39, 0.29) is 29.6 Å². The Morgan fingerprint density at radius 1 is 1.29 bits per heavy atom. The lowest BCUT2D eigenvalue weighted by Gasteiger charge is -2.29. The molecule has 3 atom stereocenters. The van der Waals surface area contributed by atoms with Gasteiger partial charge in [-0.15, -0.1) is 0 Å². The molecule has 3 aliphatic rings. The number of fused-ring (bicyclic) bond motifs is 1. The number of amides is 3. The SMILES string of the molecule is CC1(CN)CCC(NCc2cccc3c2CN(C2CCC(=O)NC2=O)C3=O)C1. The first-order valence-corrected chi connectivity index (χ1v) is 10.1. The molecule has 1 saturated carbocycles. The molecule has 0 spiro atoms. The van der Waals surface area contributed by atoms with Crippen LogP contribution in [0.2, 0.25) is 0 Å². The van der Waals surface area contributed by atoms with E-state index in [4.69, 9.17) is 5.73 Å². The van der Waals surface area contributed by atoms with Crippen molar-refractivity contribution in [3.8, 4) is 0 Å². The standard InChI is InChI=1S/C21H28N4O3/c1-21(12-22)8-7-14(9-21)23-10-13-3-2-4-15-16(13)11-25(20(15)28)17-5-6-18(26)24-19(17)27/h2-4,14,17,23H,5-12,22H2,1H3,(H,24,26,27). The summed E-state index contributed by atoms with van der Waals surface area (Å²) in [5.41, 5.74) is 8.88. The van der Waals surface area contributed by atoms with Crippen molar-refractivity contribution in [1.29, 1.82) is 0 Å². The zero-order valence-electron chi connectivity index (χ0n) is 16.3. The topological polar surface area (TPSA) is 105 Å². The Morgan fingerprint density at radius 2 is 2.11 bits per heavy atom. The van der Waals surface area contributed by atoms with E-state index in [1.807, 2.05) is 18.2 Å². The highest BCUT2D eigenvalue weighted by Crippen LogP contribution is 2.37. The molecule has 1 aliphatic carbocycles. The Morgan fingerprint density at radius 3 is 2.82 bits per heavy atom. The number of carbonyl (C=O) groups is 3. The molecule has 28 heavy (non-hydrogen) atoms. The average molecular weight is 384 g/mol. The van der Waals surface area contributed by atoms with Gasteiger partial charge in [-0.05, 0) is 54.8 Å². The van der Waals surface area contributed by atoms with Gasteiger partial charge in [-0.3, -0.25) is 19.7 Å². The van der Waals surface area contributed by atoms with Crippen molar-refractivity contribution < 1.29 is 14.4 Å². The monoisotopic (exact) mass is 384 g/mol. The Labute approximate surface area is 165 Å². The van der Waals surface area contributed by atoms with Crippen LogP contribution in [0.5, 0.6) is 0 Å². The molecule has 3 unspecified atom stereocenters. The van der Waals surface area contributed by atoms with Gasteiger partial charge >= 0.3 is 0 Å². The van der Waals surface area contributed by atoms with Gasteiger partial charge < -0.3 is 16.0 Å². The smallest absolute Gasteiger partial charge is 0.255 e. The Kier molecular flexibility index (Phi) is 4.97. The van der Waals surface area contributed by atoms with Crippen molar-refractivity contribution in [1.82, 2.24) is 15.5 Å². The molecule has 2 fully saturated rings. The molecule has 0 radical (unpaired) electrons. The van der Waals surface area contributed by atoms with Crippen LogP contribution in [0.4, 0.5) is 0 Å². The summed E-state index contributed by atoms with van der Waals surface area (Å²) in [7, 11) is 0. The first kappa shape index (κ1) is 19.1. The average Bonchev–Trinajstić information content (AvgIpc) is 3.22. The van der Waals surface area contributed by atoms with Gasteiger partial charge in [-0.2, -0.15) is 0 Å². The van der Waals surface area contributed by atoms with Crippen LogP contribution in [-0.2, 0) is 22.7 Å². The lowest BCUT2D eigenvalue weighted by molar-refractivity contribution is -0.136. The minimum atomic E-state index is -0.571. The normalized spacial score (nSPS) is 29.9. The van der Waals surface area contributed by atoms with Crippen molar-refractivity contribution in [2.75, 3.05) is 6.54 Å². The summed E-state index contributed by atoms with van der Waals surface area (Å²) in [4.78, 5) is 38.1. The van der Waals surface area contributed by atoms with E-state index in [9.17, 15) is 14.4 Å². The van der Waals surface area contributed by atoms with Gasteiger partial charge in [-0.25, -0.2) is 0 Å². The molecule has 2 aliphatic heterocycles. The van der Waals surface area contributed by atoms with Crippen LogP contribution in [0, 0.1) is 5.41 Å². The van der Waals surface area contributed by atoms with Crippen LogP contribution in [0.25, 0.3) is 0 Å². The molecule has 0 bridgehead atoms. The number of nitrogens with zero attached hydrogens (tertiary/aromatic N) is 1. The molecule has 1 saturated heterocycles. The highest BCUT2D eigenvalue weighted by molar-refractivity contribution is 6.05. The van der Waals surface area contributed by atoms with Gasteiger partial charge in [0, 0.05) is 31.1 Å². The molecule has 7 nitrogen and oxygen atoms in total. The number of carbonyl (C=O) groups excluding carboxylic acids is 3. The summed E-state index contributed by atoms with van der Waals surface area (Å²) in [5, 5.41) is 5.98. The predicted octanol–water partition coefficient (Wildman–Crippen LogP) is 1.05. The molecule has 1 aromatic rings. The quantitative estimate of drug-likeness (QED) is 0.659. The number of imide groups is 1. The van der Waals surface area contributed by atoms with Crippen molar-refractivity contribution >= 4 is 17.7 Å². The summed E-state index contributed by atoms with van der Waals surface area (Å²) in [6.07, 6.45) is 3.98. The first-order valence-electron chi connectivity index (χ1n) is 10.1. The lowest BCUT2D eigenvalue weighted by Crippen LogP contribution is -2.52. The molecule has 4 N–H and O–H groups in total. The van der Waals surface area contributed by atoms with E-state index in [1.165, 1.54) is 0 Å². The maximum atomic E-state index is 12.9. The Balaban J connectivity index is 1.46. The van der Waals surface area contributed by atoms with Gasteiger partial charge in [0.25, 0.3) is 5.91 Å². The summed E-state index contributed by atoms with van der Waals surface area (Å²) in [5.74, 6) is -0.761. The van der Waals surface area contributed by atoms with Gasteiger partial charge in [0.15, 0.2) is 0 Å². The maximum absolute atomic E-state index is 12.9. The van der Waals surface area contributed by atoms with Crippen molar-refractivity contribution in [3.05, 3.63) is 34.9 Å². The lowest BCUT2D eigenvalue weighted by atomic mass is 9.89. The largest absolute Gasteiger partial charge is 0.330 e. The third-order valence-electron chi connectivity index (χ3n) is 6.59. The third-order valence-corrected chi connectivity index (χ3v) is 6.59. The number of piperidine rings is 1. The molecule has 2 heterocycles. The fraction of sp³-hybridized carbons (Fsp3) is 0.571. The van der Waals surface area contributed by atoms with E-state index >= 15 is 0 Å². The van der Waals surface area contributed by atoms with Gasteiger partial charge in [0.1, 0.15) is 6.04 Å². The summed E-state index contributed by atoms with van der Waals surface area (Å²) in [6, 6.07) is 5.64. The minimum absolute atomic E-state index is 0.122. The second kappa shape index (κ2) is 7.29. The summed E-state index contributed by atoms with van der Waals surface area (Å²) < 4.78 is 0. The zero-order chi connectivity index (χ0) is 19.9. The predicted molar refractivity (Wildman–Crippen MR) is 104 cm³/mol. The number of hydrogen-bond acceptors (Lipinski definition) is 5. The molecule has 3 amide bonds. The van der Waals surface area contributed by atoms with E-state index in [0.29, 0.717) is 37.7 Å².